The van der Waals surface area contributed by atoms with Gasteiger partial charge < -0.3 is 20.4 Å². The fourth-order valence-corrected chi connectivity index (χ4v) is 5.16. The van der Waals surface area contributed by atoms with Crippen molar-refractivity contribution in [2.24, 2.45) is 11.8 Å². The van der Waals surface area contributed by atoms with Gasteiger partial charge in [-0.05, 0) is 58.3 Å². The predicted molar refractivity (Wildman–Crippen MR) is 94.2 cm³/mol. The number of hydrogen-bond acceptors (Lipinski definition) is 3. The van der Waals surface area contributed by atoms with E-state index in [4.69, 9.17) is 5.11 Å². The molecule has 0 spiro atoms. The van der Waals surface area contributed by atoms with Gasteiger partial charge in [0.1, 0.15) is 0 Å². The van der Waals surface area contributed by atoms with E-state index in [0.29, 0.717) is 12.8 Å². The Hall–Kier alpha value is -1.30. The van der Waals surface area contributed by atoms with Gasteiger partial charge in [0.15, 0.2) is 0 Å². The number of aliphatic carboxylic acids is 1. The van der Waals surface area contributed by atoms with E-state index in [1.165, 1.54) is 0 Å². The third kappa shape index (κ3) is 4.10. The summed E-state index contributed by atoms with van der Waals surface area (Å²) >= 11 is 0. The van der Waals surface area contributed by atoms with Crippen LogP contribution in [0.5, 0.6) is 0 Å². The molecule has 3 N–H and O–H groups in total. The Morgan fingerprint density at radius 1 is 1.04 bits per heavy atom. The van der Waals surface area contributed by atoms with E-state index in [0.717, 1.165) is 57.9 Å². The van der Waals surface area contributed by atoms with Crippen LogP contribution < -0.4 is 5.32 Å². The van der Waals surface area contributed by atoms with E-state index in [-0.39, 0.29) is 30.0 Å². The molecule has 1 heterocycles. The van der Waals surface area contributed by atoms with Crippen molar-refractivity contribution in [2.45, 2.75) is 88.8 Å². The van der Waals surface area contributed by atoms with Crippen molar-refractivity contribution in [2.75, 3.05) is 6.54 Å². The zero-order valence-corrected chi connectivity index (χ0v) is 15.2. The highest BCUT2D eigenvalue weighted by Gasteiger charge is 2.45. The van der Waals surface area contributed by atoms with Gasteiger partial charge in [0, 0.05) is 24.5 Å². The van der Waals surface area contributed by atoms with Gasteiger partial charge in [-0.25, -0.2) is 4.79 Å². The Balaban J connectivity index is 1.57. The summed E-state index contributed by atoms with van der Waals surface area (Å²) in [6.45, 7) is 2.69. The van der Waals surface area contributed by atoms with Crippen LogP contribution in [-0.4, -0.2) is 51.3 Å². The Labute approximate surface area is 150 Å². The summed E-state index contributed by atoms with van der Waals surface area (Å²) in [5, 5.41) is 23.0. The SMILES string of the molecule is CC1(O)CCCCC1C1CCCN1C(=O)NC1CCC(C(=O)O)CC1. The second-order valence-corrected chi connectivity index (χ2v) is 8.45. The van der Waals surface area contributed by atoms with Crippen molar-refractivity contribution >= 4 is 12.0 Å². The molecule has 25 heavy (non-hydrogen) atoms. The number of likely N-dealkylation sites (tertiary alicyclic amines) is 1. The van der Waals surface area contributed by atoms with Crippen LogP contribution in [0.15, 0.2) is 0 Å². The van der Waals surface area contributed by atoms with E-state index in [9.17, 15) is 14.7 Å². The van der Waals surface area contributed by atoms with Gasteiger partial charge in [-0.15, -0.1) is 0 Å². The second kappa shape index (κ2) is 7.52. The Morgan fingerprint density at radius 2 is 1.76 bits per heavy atom. The maximum Gasteiger partial charge on any atom is 0.317 e. The largest absolute Gasteiger partial charge is 0.481 e. The van der Waals surface area contributed by atoms with Crippen molar-refractivity contribution in [3.8, 4) is 0 Å². The minimum Gasteiger partial charge on any atom is -0.481 e. The fourth-order valence-electron chi connectivity index (χ4n) is 5.16. The normalized spacial score (nSPS) is 39.2. The molecule has 2 aliphatic carbocycles. The highest BCUT2D eigenvalue weighted by Crippen LogP contribution is 2.40. The van der Waals surface area contributed by atoms with Crippen LogP contribution in [0.1, 0.15) is 71.1 Å². The van der Waals surface area contributed by atoms with Crippen LogP contribution in [0.2, 0.25) is 0 Å². The molecule has 0 bridgehead atoms. The molecule has 3 aliphatic rings. The van der Waals surface area contributed by atoms with E-state index in [1.807, 2.05) is 11.8 Å². The van der Waals surface area contributed by atoms with Crippen LogP contribution >= 0.6 is 0 Å². The third-order valence-electron chi connectivity index (χ3n) is 6.68. The minimum atomic E-state index is -0.719. The first-order valence-electron chi connectivity index (χ1n) is 9.91. The Bertz CT molecular complexity index is 500. The van der Waals surface area contributed by atoms with E-state index < -0.39 is 11.6 Å². The quantitative estimate of drug-likeness (QED) is 0.728. The molecule has 3 atom stereocenters. The fraction of sp³-hybridized carbons (Fsp3) is 0.895. The van der Waals surface area contributed by atoms with Gasteiger partial charge in [-0.2, -0.15) is 0 Å². The Kier molecular flexibility index (Phi) is 5.56. The molecule has 0 radical (unpaired) electrons. The van der Waals surface area contributed by atoms with E-state index in [1.54, 1.807) is 0 Å². The zero-order valence-electron chi connectivity index (χ0n) is 15.2. The molecule has 3 unspecified atom stereocenters. The number of rotatable bonds is 3. The van der Waals surface area contributed by atoms with Gasteiger partial charge in [0.25, 0.3) is 0 Å². The zero-order chi connectivity index (χ0) is 18.0. The summed E-state index contributed by atoms with van der Waals surface area (Å²) in [5.74, 6) is -0.814. The molecular formula is C19H32N2O4. The van der Waals surface area contributed by atoms with Crippen molar-refractivity contribution in [1.29, 1.82) is 0 Å². The first-order valence-corrected chi connectivity index (χ1v) is 9.91. The van der Waals surface area contributed by atoms with E-state index >= 15 is 0 Å². The lowest BCUT2D eigenvalue weighted by Crippen LogP contribution is -2.54. The van der Waals surface area contributed by atoms with Gasteiger partial charge >= 0.3 is 12.0 Å². The second-order valence-electron chi connectivity index (χ2n) is 8.45. The van der Waals surface area contributed by atoms with Gasteiger partial charge in [0.2, 0.25) is 0 Å². The molecule has 1 saturated heterocycles. The summed E-state index contributed by atoms with van der Waals surface area (Å²) in [5.41, 5.74) is -0.675. The number of carbonyl (C=O) groups excluding carboxylic acids is 1. The van der Waals surface area contributed by atoms with Crippen LogP contribution in [0.4, 0.5) is 4.79 Å². The molecule has 2 amide bonds. The highest BCUT2D eigenvalue weighted by atomic mass is 16.4. The number of carboxylic acid groups (broad SMARTS) is 1. The smallest absolute Gasteiger partial charge is 0.317 e. The predicted octanol–water partition coefficient (Wildman–Crippen LogP) is 2.75. The average molecular weight is 352 g/mol. The number of nitrogens with one attached hydrogen (secondary N) is 1. The standard InChI is InChI=1S/C19H32N2O4/c1-19(25)11-3-2-5-15(19)16-6-4-12-21(16)18(24)20-14-9-7-13(8-10-14)17(22)23/h13-16,25H,2-12H2,1H3,(H,20,24)(H,22,23). The van der Waals surface area contributed by atoms with Crippen molar-refractivity contribution in [3.05, 3.63) is 0 Å². The lowest BCUT2D eigenvalue weighted by atomic mass is 9.72. The van der Waals surface area contributed by atoms with Gasteiger partial charge in [-0.3, -0.25) is 4.79 Å². The molecule has 3 rings (SSSR count). The maximum atomic E-state index is 12.8. The molecule has 0 aromatic rings. The van der Waals surface area contributed by atoms with Crippen LogP contribution in [0, 0.1) is 11.8 Å². The van der Waals surface area contributed by atoms with Crippen molar-refractivity contribution < 1.29 is 19.8 Å². The summed E-state index contributed by atoms with van der Waals surface area (Å²) < 4.78 is 0. The van der Waals surface area contributed by atoms with Crippen LogP contribution in [0.25, 0.3) is 0 Å². The number of hydrogen-bond donors (Lipinski definition) is 3. The monoisotopic (exact) mass is 352 g/mol. The first-order chi connectivity index (χ1) is 11.9. The Morgan fingerprint density at radius 3 is 2.40 bits per heavy atom. The topological polar surface area (TPSA) is 89.9 Å². The first kappa shape index (κ1) is 18.5. The summed E-state index contributed by atoms with van der Waals surface area (Å²) in [7, 11) is 0. The summed E-state index contributed by atoms with van der Waals surface area (Å²) in [6, 6.07) is 0.185. The van der Waals surface area contributed by atoms with Gasteiger partial charge in [0.05, 0.1) is 11.5 Å². The highest BCUT2D eigenvalue weighted by molar-refractivity contribution is 5.75. The maximum absolute atomic E-state index is 12.8. The minimum absolute atomic E-state index is 0.0253. The molecule has 0 aromatic heterocycles. The summed E-state index contributed by atoms with van der Waals surface area (Å²) in [6.07, 6.45) is 8.73. The molecular weight excluding hydrogens is 320 g/mol. The van der Waals surface area contributed by atoms with Crippen LogP contribution in [-0.2, 0) is 4.79 Å². The number of nitrogens with zero attached hydrogens (tertiary/aromatic N) is 1. The molecule has 2 saturated carbocycles. The van der Waals surface area contributed by atoms with Crippen LogP contribution in [0.3, 0.4) is 0 Å². The van der Waals surface area contributed by atoms with Gasteiger partial charge in [-0.1, -0.05) is 12.8 Å². The number of amides is 2. The van der Waals surface area contributed by atoms with Crippen molar-refractivity contribution in [1.82, 2.24) is 10.2 Å². The molecule has 142 valence electrons. The molecule has 6 nitrogen and oxygen atoms in total. The average Bonchev–Trinajstić information content (AvgIpc) is 3.04. The third-order valence-corrected chi connectivity index (χ3v) is 6.68. The number of urea groups is 1. The molecule has 0 aromatic carbocycles. The number of carbonyl (C=O) groups is 2. The lowest BCUT2D eigenvalue weighted by Gasteiger charge is -2.43. The van der Waals surface area contributed by atoms with E-state index in [2.05, 4.69) is 5.32 Å². The number of carboxylic acids is 1. The summed E-state index contributed by atoms with van der Waals surface area (Å²) in [4.78, 5) is 25.8. The lowest BCUT2D eigenvalue weighted by molar-refractivity contribution is -0.142. The number of aliphatic hydroxyl groups is 1. The molecule has 1 aliphatic heterocycles. The molecule has 6 heteroatoms. The van der Waals surface area contributed by atoms with Crippen molar-refractivity contribution in [3.63, 3.8) is 0 Å². The molecule has 3 fully saturated rings.